The summed E-state index contributed by atoms with van der Waals surface area (Å²) < 4.78 is 12.6. The van der Waals surface area contributed by atoms with Crippen LogP contribution in [0.1, 0.15) is 20.3 Å². The van der Waals surface area contributed by atoms with Crippen molar-refractivity contribution >= 4 is 31.2 Å². The van der Waals surface area contributed by atoms with Crippen LogP contribution < -0.4 is 4.46 Å². The molecule has 0 aromatic heterocycles. The Hall–Kier alpha value is -0.251. The van der Waals surface area contributed by atoms with Crippen molar-refractivity contribution in [2.24, 2.45) is 0 Å². The molecule has 2 nitrogen and oxygen atoms in total. The molecule has 1 rings (SSSR count). The molecule has 106 valence electrons. The summed E-state index contributed by atoms with van der Waals surface area (Å²) in [5.74, 6) is 0. The van der Waals surface area contributed by atoms with E-state index in [9.17, 15) is 0 Å². The van der Waals surface area contributed by atoms with Gasteiger partial charge < -0.3 is 0 Å². The molecule has 0 aliphatic heterocycles. The minimum atomic E-state index is -0.111. The third kappa shape index (κ3) is 7.19. The fourth-order valence-corrected chi connectivity index (χ4v) is 4.19. The maximum atomic E-state index is 5.60. The van der Waals surface area contributed by atoms with Gasteiger partial charge in [0.1, 0.15) is 0 Å². The fraction of sp³-hybridized carbons (Fsp3) is 0.467. The molecule has 0 aliphatic carbocycles. The third-order valence-electron chi connectivity index (χ3n) is 2.40. The average Bonchev–Trinajstić information content (AvgIpc) is 2.45. The van der Waals surface area contributed by atoms with Crippen LogP contribution in [0.25, 0.3) is 0 Å². The van der Waals surface area contributed by atoms with Gasteiger partial charge in [-0.25, -0.2) is 0 Å². The first-order chi connectivity index (χ1) is 9.30. The molecule has 0 heterocycles. The van der Waals surface area contributed by atoms with Gasteiger partial charge in [-0.05, 0) is 0 Å². The van der Waals surface area contributed by atoms with Crippen molar-refractivity contribution < 1.29 is 9.47 Å². The van der Waals surface area contributed by atoms with E-state index < -0.39 is 0 Å². The van der Waals surface area contributed by atoms with E-state index in [-0.39, 0.29) is 6.29 Å². The molecule has 0 amide bonds. The second-order valence-electron chi connectivity index (χ2n) is 3.76. The Morgan fingerprint density at radius 3 is 2.37 bits per heavy atom. The van der Waals surface area contributed by atoms with Gasteiger partial charge in [-0.15, -0.1) is 0 Å². The van der Waals surface area contributed by atoms with E-state index >= 15 is 0 Å². The SMILES string of the molecule is CCOC(CC(=C[Se]c1ccccc1)SC)OCC. The standard InChI is InChI=1S/C15H22O2SSe/c1-4-16-15(17-5-2)11-13(18-3)12-19-14-9-7-6-8-10-14/h6-10,12,15H,4-5,11H2,1-3H3. The zero-order valence-corrected chi connectivity index (χ0v) is 14.3. The zero-order chi connectivity index (χ0) is 13.9. The van der Waals surface area contributed by atoms with Crippen molar-refractivity contribution in [3.63, 3.8) is 0 Å². The van der Waals surface area contributed by atoms with Crippen LogP contribution in [0, 0.1) is 0 Å². The van der Waals surface area contributed by atoms with Gasteiger partial charge in [0, 0.05) is 0 Å². The first kappa shape index (κ1) is 16.8. The van der Waals surface area contributed by atoms with Crippen LogP contribution in [0.2, 0.25) is 0 Å². The van der Waals surface area contributed by atoms with E-state index in [2.05, 4.69) is 41.6 Å². The molecule has 1 aromatic rings. The molecule has 0 fully saturated rings. The van der Waals surface area contributed by atoms with Crippen LogP contribution in [0.5, 0.6) is 0 Å². The van der Waals surface area contributed by atoms with Crippen LogP contribution in [-0.2, 0) is 9.47 Å². The molecule has 0 radical (unpaired) electrons. The predicted molar refractivity (Wildman–Crippen MR) is 85.1 cm³/mol. The van der Waals surface area contributed by atoms with E-state index in [0.29, 0.717) is 28.2 Å². The third-order valence-corrected chi connectivity index (χ3v) is 5.54. The Morgan fingerprint density at radius 2 is 1.84 bits per heavy atom. The summed E-state index contributed by atoms with van der Waals surface area (Å²) in [4.78, 5) is 3.67. The molecule has 1 aromatic carbocycles. The molecule has 0 atom stereocenters. The van der Waals surface area contributed by atoms with Gasteiger partial charge in [0.15, 0.2) is 0 Å². The summed E-state index contributed by atoms with van der Waals surface area (Å²) >= 11 is 2.16. The molecule has 0 saturated heterocycles. The van der Waals surface area contributed by atoms with E-state index in [1.807, 2.05) is 13.8 Å². The van der Waals surface area contributed by atoms with Gasteiger partial charge in [0.25, 0.3) is 0 Å². The van der Waals surface area contributed by atoms with Gasteiger partial charge >= 0.3 is 127 Å². The topological polar surface area (TPSA) is 18.5 Å². The monoisotopic (exact) mass is 346 g/mol. The second-order valence-corrected chi connectivity index (χ2v) is 6.67. The Bertz CT molecular complexity index is 362. The first-order valence-electron chi connectivity index (χ1n) is 6.48. The zero-order valence-electron chi connectivity index (χ0n) is 11.8. The molecule has 0 aliphatic rings. The Balaban J connectivity index is 2.55. The quantitative estimate of drug-likeness (QED) is 0.506. The molecule has 0 spiro atoms. The number of hydrogen-bond donors (Lipinski definition) is 0. The summed E-state index contributed by atoms with van der Waals surface area (Å²) in [5.41, 5.74) is 0. The molecule has 0 saturated carbocycles. The van der Waals surface area contributed by atoms with Gasteiger partial charge in [-0.2, -0.15) is 0 Å². The van der Waals surface area contributed by atoms with Crippen molar-refractivity contribution in [1.82, 2.24) is 0 Å². The molecule has 4 heteroatoms. The van der Waals surface area contributed by atoms with Crippen molar-refractivity contribution in [3.8, 4) is 0 Å². The van der Waals surface area contributed by atoms with Crippen LogP contribution in [0.3, 0.4) is 0 Å². The van der Waals surface area contributed by atoms with Gasteiger partial charge in [-0.3, -0.25) is 0 Å². The number of hydrogen-bond acceptors (Lipinski definition) is 3. The number of ether oxygens (including phenoxy) is 2. The Kier molecular flexibility index (Phi) is 9.31. The van der Waals surface area contributed by atoms with Crippen LogP contribution in [-0.4, -0.2) is 40.7 Å². The summed E-state index contributed by atoms with van der Waals surface area (Å²) in [6, 6.07) is 10.6. The molecule has 0 N–H and O–H groups in total. The summed E-state index contributed by atoms with van der Waals surface area (Å²) in [6.07, 6.45) is 2.85. The molecule has 19 heavy (non-hydrogen) atoms. The van der Waals surface area contributed by atoms with E-state index in [1.165, 1.54) is 9.37 Å². The van der Waals surface area contributed by atoms with Crippen LogP contribution >= 0.6 is 11.8 Å². The second kappa shape index (κ2) is 10.5. The minimum absolute atomic E-state index is 0.111. The van der Waals surface area contributed by atoms with Crippen molar-refractivity contribution in [2.75, 3.05) is 19.5 Å². The summed E-state index contributed by atoms with van der Waals surface area (Å²) in [5, 5.41) is 0. The molecule has 0 unspecified atom stereocenters. The molecule has 0 bridgehead atoms. The summed E-state index contributed by atoms with van der Waals surface area (Å²) in [7, 11) is 0. The number of benzene rings is 1. The van der Waals surface area contributed by atoms with Crippen molar-refractivity contribution in [1.29, 1.82) is 0 Å². The normalized spacial score (nSPS) is 12.1. The van der Waals surface area contributed by atoms with Crippen LogP contribution in [0.4, 0.5) is 0 Å². The van der Waals surface area contributed by atoms with Crippen molar-refractivity contribution in [3.05, 3.63) is 40.2 Å². The van der Waals surface area contributed by atoms with Gasteiger partial charge in [-0.1, -0.05) is 0 Å². The molecular formula is C15H22O2SSe. The molecular weight excluding hydrogens is 323 g/mol. The van der Waals surface area contributed by atoms with Gasteiger partial charge in [0.2, 0.25) is 0 Å². The van der Waals surface area contributed by atoms with Gasteiger partial charge in [0.05, 0.1) is 0 Å². The first-order valence-corrected chi connectivity index (χ1v) is 9.55. The van der Waals surface area contributed by atoms with E-state index in [0.717, 1.165) is 6.42 Å². The van der Waals surface area contributed by atoms with E-state index in [1.54, 1.807) is 11.8 Å². The maximum absolute atomic E-state index is 5.60. The Labute approximate surface area is 127 Å². The van der Waals surface area contributed by atoms with E-state index in [4.69, 9.17) is 9.47 Å². The average molecular weight is 345 g/mol. The fourth-order valence-electron chi connectivity index (χ4n) is 1.51. The number of thioether (sulfide) groups is 1. The number of rotatable bonds is 9. The summed E-state index contributed by atoms with van der Waals surface area (Å²) in [6.45, 7) is 5.39. The predicted octanol–water partition coefficient (Wildman–Crippen LogP) is 3.01. The Morgan fingerprint density at radius 1 is 1.21 bits per heavy atom. The van der Waals surface area contributed by atoms with Crippen LogP contribution in [0.15, 0.2) is 40.2 Å². The van der Waals surface area contributed by atoms with Crippen molar-refractivity contribution in [2.45, 2.75) is 26.6 Å².